The normalized spacial score (nSPS) is 22.4. The van der Waals surface area contributed by atoms with Crippen LogP contribution in [0, 0.1) is 5.92 Å². The summed E-state index contributed by atoms with van der Waals surface area (Å²) in [6, 6.07) is 0. The first kappa shape index (κ1) is 13.7. The Kier molecular flexibility index (Phi) is 7.47. The van der Waals surface area contributed by atoms with Gasteiger partial charge in [0.05, 0.1) is 13.2 Å². The van der Waals surface area contributed by atoms with Crippen LogP contribution in [0.5, 0.6) is 0 Å². The van der Waals surface area contributed by atoms with E-state index < -0.39 is 0 Å². The van der Waals surface area contributed by atoms with Crippen molar-refractivity contribution in [1.82, 2.24) is 5.32 Å². The number of hydrogen-bond donors (Lipinski definition) is 1. The Bertz CT molecular complexity index is 198. The molecule has 0 radical (unpaired) electrons. The largest absolute Gasteiger partial charge is 0.383 e. The average molecular weight is 227 g/mol. The van der Waals surface area contributed by atoms with Crippen molar-refractivity contribution in [3.8, 4) is 0 Å². The van der Waals surface area contributed by atoms with E-state index in [1.54, 1.807) is 7.11 Å². The number of nitrogens with one attached hydrogen (secondary N) is 1. The number of hydrogen-bond acceptors (Lipinski definition) is 3. The maximum absolute atomic E-state index is 5.49. The summed E-state index contributed by atoms with van der Waals surface area (Å²) in [7, 11) is 1.73. The van der Waals surface area contributed by atoms with Crippen molar-refractivity contribution >= 4 is 0 Å². The Morgan fingerprint density at radius 3 is 3.06 bits per heavy atom. The molecule has 0 spiro atoms. The van der Waals surface area contributed by atoms with E-state index in [-0.39, 0.29) is 0 Å². The van der Waals surface area contributed by atoms with Gasteiger partial charge in [0.15, 0.2) is 0 Å². The van der Waals surface area contributed by atoms with Gasteiger partial charge in [-0.05, 0) is 32.7 Å². The second kappa shape index (κ2) is 8.74. The molecule has 1 N–H and O–H groups in total. The zero-order chi connectivity index (χ0) is 11.6. The molecule has 1 atom stereocenters. The molecule has 94 valence electrons. The molecular formula is C13H25NO2. The molecule has 0 aromatic rings. The third-order valence-corrected chi connectivity index (χ3v) is 3.07. The molecule has 0 aromatic carbocycles. The summed E-state index contributed by atoms with van der Waals surface area (Å²) < 4.78 is 10.5. The summed E-state index contributed by atoms with van der Waals surface area (Å²) in [5, 5.41) is 3.34. The van der Waals surface area contributed by atoms with Gasteiger partial charge < -0.3 is 14.8 Å². The van der Waals surface area contributed by atoms with E-state index in [0.717, 1.165) is 39.3 Å². The molecular weight excluding hydrogens is 202 g/mol. The summed E-state index contributed by atoms with van der Waals surface area (Å²) >= 11 is 0. The molecule has 16 heavy (non-hydrogen) atoms. The summed E-state index contributed by atoms with van der Waals surface area (Å²) in [4.78, 5) is 0. The van der Waals surface area contributed by atoms with Gasteiger partial charge in [0.25, 0.3) is 0 Å². The molecule has 1 rings (SSSR count). The predicted octanol–water partition coefficient (Wildman–Crippen LogP) is 1.99. The van der Waals surface area contributed by atoms with Crippen molar-refractivity contribution in [3.05, 3.63) is 11.6 Å². The van der Waals surface area contributed by atoms with Crippen LogP contribution < -0.4 is 5.32 Å². The number of methoxy groups -OCH3 is 1. The Balaban J connectivity index is 2.07. The van der Waals surface area contributed by atoms with E-state index in [4.69, 9.17) is 9.47 Å². The van der Waals surface area contributed by atoms with Crippen LogP contribution in [-0.4, -0.2) is 40.0 Å². The van der Waals surface area contributed by atoms with Crippen molar-refractivity contribution in [2.45, 2.75) is 26.2 Å². The van der Waals surface area contributed by atoms with Crippen molar-refractivity contribution in [3.63, 3.8) is 0 Å². The van der Waals surface area contributed by atoms with Crippen molar-refractivity contribution in [1.29, 1.82) is 0 Å². The molecule has 1 saturated heterocycles. The van der Waals surface area contributed by atoms with Gasteiger partial charge in [0.1, 0.15) is 0 Å². The zero-order valence-corrected chi connectivity index (χ0v) is 10.6. The minimum absolute atomic E-state index is 0.660. The fourth-order valence-corrected chi connectivity index (χ4v) is 1.97. The van der Waals surface area contributed by atoms with Crippen LogP contribution in [0.4, 0.5) is 0 Å². The standard InChI is InChI=1S/C13H25NO2/c1-12(13-6-4-9-16-11-13)5-3-7-14-8-10-15-2/h5,13-14H,3-4,6-11H2,1-2H3/b12-5-. The van der Waals surface area contributed by atoms with Crippen molar-refractivity contribution in [2.24, 2.45) is 5.92 Å². The van der Waals surface area contributed by atoms with Gasteiger partial charge in [-0.3, -0.25) is 0 Å². The molecule has 0 aliphatic carbocycles. The van der Waals surface area contributed by atoms with E-state index >= 15 is 0 Å². The first-order chi connectivity index (χ1) is 7.84. The van der Waals surface area contributed by atoms with Gasteiger partial charge in [-0.15, -0.1) is 0 Å². The van der Waals surface area contributed by atoms with Gasteiger partial charge in [0.2, 0.25) is 0 Å². The van der Waals surface area contributed by atoms with Crippen LogP contribution in [0.1, 0.15) is 26.2 Å². The predicted molar refractivity (Wildman–Crippen MR) is 66.7 cm³/mol. The van der Waals surface area contributed by atoms with E-state index in [1.165, 1.54) is 18.4 Å². The van der Waals surface area contributed by atoms with Crippen molar-refractivity contribution < 1.29 is 9.47 Å². The molecule has 1 heterocycles. The maximum atomic E-state index is 5.49. The molecule has 1 unspecified atom stereocenters. The van der Waals surface area contributed by atoms with Gasteiger partial charge >= 0.3 is 0 Å². The Hall–Kier alpha value is -0.380. The highest BCUT2D eigenvalue weighted by Crippen LogP contribution is 2.21. The highest BCUT2D eigenvalue weighted by molar-refractivity contribution is 5.04. The van der Waals surface area contributed by atoms with E-state index in [0.29, 0.717) is 5.92 Å². The lowest BCUT2D eigenvalue weighted by atomic mass is 9.94. The Morgan fingerprint density at radius 1 is 1.50 bits per heavy atom. The smallest absolute Gasteiger partial charge is 0.0587 e. The SMILES string of the molecule is COCCNCC/C=C(/C)C1CCCOC1. The lowest BCUT2D eigenvalue weighted by Gasteiger charge is -2.22. The van der Waals surface area contributed by atoms with Gasteiger partial charge in [0, 0.05) is 26.2 Å². The highest BCUT2D eigenvalue weighted by atomic mass is 16.5. The van der Waals surface area contributed by atoms with Crippen LogP contribution in [0.25, 0.3) is 0 Å². The fraction of sp³-hybridized carbons (Fsp3) is 0.846. The fourth-order valence-electron chi connectivity index (χ4n) is 1.97. The van der Waals surface area contributed by atoms with Crippen LogP contribution in [0.3, 0.4) is 0 Å². The Labute approximate surface area is 99.2 Å². The second-order valence-corrected chi connectivity index (χ2v) is 4.39. The molecule has 0 aromatic heterocycles. The van der Waals surface area contributed by atoms with Crippen molar-refractivity contribution in [2.75, 3.05) is 40.0 Å². The van der Waals surface area contributed by atoms with E-state index in [9.17, 15) is 0 Å². The lowest BCUT2D eigenvalue weighted by Crippen LogP contribution is -2.20. The monoisotopic (exact) mass is 227 g/mol. The third kappa shape index (κ3) is 5.64. The van der Waals surface area contributed by atoms with Crippen LogP contribution in [-0.2, 0) is 9.47 Å². The maximum Gasteiger partial charge on any atom is 0.0587 e. The zero-order valence-electron chi connectivity index (χ0n) is 10.6. The van der Waals surface area contributed by atoms with Gasteiger partial charge in [-0.2, -0.15) is 0 Å². The second-order valence-electron chi connectivity index (χ2n) is 4.39. The number of rotatable bonds is 7. The minimum Gasteiger partial charge on any atom is -0.383 e. The molecule has 1 aliphatic heterocycles. The molecule has 3 nitrogen and oxygen atoms in total. The topological polar surface area (TPSA) is 30.5 Å². The quantitative estimate of drug-likeness (QED) is 0.533. The van der Waals surface area contributed by atoms with Crippen LogP contribution in [0.2, 0.25) is 0 Å². The minimum atomic E-state index is 0.660. The van der Waals surface area contributed by atoms with Gasteiger partial charge in [-0.25, -0.2) is 0 Å². The molecule has 1 aliphatic rings. The lowest BCUT2D eigenvalue weighted by molar-refractivity contribution is 0.0672. The highest BCUT2D eigenvalue weighted by Gasteiger charge is 2.14. The van der Waals surface area contributed by atoms with Crippen LogP contribution in [0.15, 0.2) is 11.6 Å². The molecule has 0 bridgehead atoms. The summed E-state index contributed by atoms with van der Waals surface area (Å²) in [6.45, 7) is 6.86. The summed E-state index contributed by atoms with van der Waals surface area (Å²) in [5.74, 6) is 0.660. The molecule has 0 saturated carbocycles. The third-order valence-electron chi connectivity index (χ3n) is 3.07. The van der Waals surface area contributed by atoms with Crippen LogP contribution >= 0.6 is 0 Å². The van der Waals surface area contributed by atoms with E-state index in [2.05, 4.69) is 18.3 Å². The molecule has 0 amide bonds. The van der Waals surface area contributed by atoms with E-state index in [1.807, 2.05) is 0 Å². The molecule has 1 fully saturated rings. The van der Waals surface area contributed by atoms with Gasteiger partial charge in [-0.1, -0.05) is 11.6 Å². The Morgan fingerprint density at radius 2 is 2.38 bits per heavy atom. The molecule has 3 heteroatoms. The number of ether oxygens (including phenoxy) is 2. The summed E-state index contributed by atoms with van der Waals surface area (Å²) in [5.41, 5.74) is 1.49. The average Bonchev–Trinajstić information content (AvgIpc) is 2.34. The first-order valence-electron chi connectivity index (χ1n) is 6.28. The first-order valence-corrected chi connectivity index (χ1v) is 6.28. The summed E-state index contributed by atoms with van der Waals surface area (Å²) in [6.07, 6.45) is 5.95.